The van der Waals surface area contributed by atoms with Gasteiger partial charge in [-0.3, -0.25) is 4.79 Å². The molecule has 0 atom stereocenters. The second kappa shape index (κ2) is 5.68. The molecule has 3 aromatic rings. The minimum absolute atomic E-state index is 0.120. The molecule has 0 bridgehead atoms. The summed E-state index contributed by atoms with van der Waals surface area (Å²) in [5.74, 6) is -0.120. The third-order valence-electron chi connectivity index (χ3n) is 2.98. The van der Waals surface area contributed by atoms with Crippen LogP contribution in [0.3, 0.4) is 0 Å². The van der Waals surface area contributed by atoms with Crippen LogP contribution in [-0.2, 0) is 0 Å². The van der Waals surface area contributed by atoms with Gasteiger partial charge in [0, 0.05) is 16.1 Å². The van der Waals surface area contributed by atoms with E-state index in [0.29, 0.717) is 26.3 Å². The highest BCUT2D eigenvalue weighted by atomic mass is 35.5. The third-order valence-corrected chi connectivity index (χ3v) is 4.10. The van der Waals surface area contributed by atoms with E-state index < -0.39 is 0 Å². The van der Waals surface area contributed by atoms with Crippen molar-refractivity contribution in [2.24, 2.45) is 0 Å². The largest absolute Gasteiger partial charge is 0.375 e. The van der Waals surface area contributed by atoms with Crippen LogP contribution in [0.1, 0.15) is 15.2 Å². The predicted octanol–water partition coefficient (Wildman–Crippen LogP) is 4.28. The number of carbonyl (C=O) groups excluding carboxylic acids is 1. The van der Waals surface area contributed by atoms with Gasteiger partial charge in [0.1, 0.15) is 4.88 Å². The van der Waals surface area contributed by atoms with Crippen molar-refractivity contribution < 1.29 is 4.79 Å². The Morgan fingerprint density at radius 2 is 1.86 bits per heavy atom. The number of hydrogen-bond acceptors (Lipinski definition) is 4. The van der Waals surface area contributed by atoms with Gasteiger partial charge in [-0.1, -0.05) is 65.4 Å². The van der Waals surface area contributed by atoms with Crippen molar-refractivity contribution in [3.05, 3.63) is 70.1 Å². The smallest absolute Gasteiger partial charge is 0.205 e. The van der Waals surface area contributed by atoms with Gasteiger partial charge in [-0.05, 0) is 12.1 Å². The number of nitrogen functional groups attached to an aromatic ring is 1. The van der Waals surface area contributed by atoms with E-state index in [2.05, 4.69) is 4.98 Å². The molecule has 0 aliphatic rings. The quantitative estimate of drug-likeness (QED) is 0.734. The molecule has 2 N–H and O–H groups in total. The molecule has 5 heteroatoms. The molecule has 1 aromatic heterocycles. The third kappa shape index (κ3) is 2.82. The van der Waals surface area contributed by atoms with Crippen molar-refractivity contribution in [1.29, 1.82) is 0 Å². The van der Waals surface area contributed by atoms with Crippen molar-refractivity contribution >= 4 is 33.9 Å². The van der Waals surface area contributed by atoms with Gasteiger partial charge in [-0.25, -0.2) is 4.98 Å². The molecule has 2 aromatic carbocycles. The zero-order valence-electron chi connectivity index (χ0n) is 10.9. The van der Waals surface area contributed by atoms with Crippen LogP contribution < -0.4 is 5.73 Å². The van der Waals surface area contributed by atoms with E-state index in [1.807, 2.05) is 30.3 Å². The van der Waals surface area contributed by atoms with E-state index in [1.54, 1.807) is 24.3 Å². The summed E-state index contributed by atoms with van der Waals surface area (Å²) in [6.45, 7) is 0. The van der Waals surface area contributed by atoms with Crippen molar-refractivity contribution in [3.63, 3.8) is 0 Å². The lowest BCUT2D eigenvalue weighted by Gasteiger charge is -2.02. The molecule has 0 aliphatic carbocycles. The number of ketones is 1. The molecule has 1 heterocycles. The summed E-state index contributed by atoms with van der Waals surface area (Å²) in [5, 5.41) is 0.902. The highest BCUT2D eigenvalue weighted by Crippen LogP contribution is 2.31. The molecular weight excluding hydrogens is 304 g/mol. The monoisotopic (exact) mass is 314 g/mol. The molecule has 0 spiro atoms. The van der Waals surface area contributed by atoms with Gasteiger partial charge in [0.05, 0.1) is 5.69 Å². The molecule has 3 rings (SSSR count). The number of hydrogen-bond donors (Lipinski definition) is 1. The fourth-order valence-corrected chi connectivity index (χ4v) is 3.05. The van der Waals surface area contributed by atoms with E-state index in [4.69, 9.17) is 17.3 Å². The van der Waals surface area contributed by atoms with E-state index in [1.165, 1.54) is 11.3 Å². The molecule has 0 unspecified atom stereocenters. The average molecular weight is 315 g/mol. The Labute approximate surface area is 131 Å². The Balaban J connectivity index is 2.09. The number of anilines is 1. The zero-order chi connectivity index (χ0) is 14.8. The maximum atomic E-state index is 12.7. The first-order valence-corrected chi connectivity index (χ1v) is 7.46. The lowest BCUT2D eigenvalue weighted by molar-refractivity contribution is 0.104. The van der Waals surface area contributed by atoms with E-state index in [-0.39, 0.29) is 5.78 Å². The lowest BCUT2D eigenvalue weighted by atomic mass is 10.1. The minimum atomic E-state index is -0.120. The van der Waals surface area contributed by atoms with Crippen LogP contribution >= 0.6 is 22.9 Å². The Hall–Kier alpha value is -2.17. The summed E-state index contributed by atoms with van der Waals surface area (Å²) >= 11 is 7.14. The first kappa shape index (κ1) is 13.8. The summed E-state index contributed by atoms with van der Waals surface area (Å²) in [6.07, 6.45) is 0. The minimum Gasteiger partial charge on any atom is -0.375 e. The zero-order valence-corrected chi connectivity index (χ0v) is 12.5. The van der Waals surface area contributed by atoms with Crippen molar-refractivity contribution in [2.75, 3.05) is 5.73 Å². The maximum Gasteiger partial charge on any atom is 0.205 e. The number of nitrogens with two attached hydrogens (primary N) is 1. The van der Waals surface area contributed by atoms with Gasteiger partial charge in [0.15, 0.2) is 5.13 Å². The number of benzene rings is 2. The van der Waals surface area contributed by atoms with E-state index in [9.17, 15) is 4.79 Å². The van der Waals surface area contributed by atoms with Crippen LogP contribution in [0.4, 0.5) is 5.13 Å². The normalized spacial score (nSPS) is 10.5. The van der Waals surface area contributed by atoms with Gasteiger partial charge in [0.25, 0.3) is 0 Å². The highest BCUT2D eigenvalue weighted by Gasteiger charge is 2.20. The van der Waals surface area contributed by atoms with Crippen molar-refractivity contribution in [3.8, 4) is 11.3 Å². The van der Waals surface area contributed by atoms with Gasteiger partial charge < -0.3 is 5.73 Å². The molecule has 0 fully saturated rings. The fraction of sp³-hybridized carbons (Fsp3) is 0. The molecule has 0 saturated heterocycles. The molecule has 0 aliphatic heterocycles. The maximum absolute atomic E-state index is 12.7. The van der Waals surface area contributed by atoms with Crippen LogP contribution in [0.25, 0.3) is 11.3 Å². The second-order valence-corrected chi connectivity index (χ2v) is 5.90. The Morgan fingerprint density at radius 3 is 2.57 bits per heavy atom. The SMILES string of the molecule is Nc1nc(-c2ccccc2)c(C(=O)c2cccc(Cl)c2)s1. The summed E-state index contributed by atoms with van der Waals surface area (Å²) in [4.78, 5) is 17.5. The van der Waals surface area contributed by atoms with Crippen LogP contribution in [0.2, 0.25) is 5.02 Å². The molecule has 0 saturated carbocycles. The van der Waals surface area contributed by atoms with Gasteiger partial charge in [-0.15, -0.1) is 0 Å². The topological polar surface area (TPSA) is 56.0 Å². The second-order valence-electron chi connectivity index (χ2n) is 4.44. The first-order chi connectivity index (χ1) is 10.1. The van der Waals surface area contributed by atoms with Crippen LogP contribution in [0, 0.1) is 0 Å². The average Bonchev–Trinajstić information content (AvgIpc) is 2.89. The summed E-state index contributed by atoms with van der Waals surface area (Å²) < 4.78 is 0. The first-order valence-electron chi connectivity index (χ1n) is 6.27. The summed E-state index contributed by atoms with van der Waals surface area (Å²) in [6, 6.07) is 16.4. The Bertz CT molecular complexity index is 799. The number of aromatic nitrogens is 1. The lowest BCUT2D eigenvalue weighted by Crippen LogP contribution is -2.00. The number of rotatable bonds is 3. The number of halogens is 1. The molecule has 0 amide bonds. The Kier molecular flexibility index (Phi) is 3.73. The van der Waals surface area contributed by atoms with Gasteiger partial charge >= 0.3 is 0 Å². The van der Waals surface area contributed by atoms with Gasteiger partial charge in [0.2, 0.25) is 5.78 Å². The van der Waals surface area contributed by atoms with Crippen LogP contribution in [0.5, 0.6) is 0 Å². The molecule has 21 heavy (non-hydrogen) atoms. The van der Waals surface area contributed by atoms with E-state index >= 15 is 0 Å². The predicted molar refractivity (Wildman–Crippen MR) is 86.8 cm³/mol. The van der Waals surface area contributed by atoms with E-state index in [0.717, 1.165) is 5.56 Å². The standard InChI is InChI=1S/C16H11ClN2OS/c17-12-8-4-7-11(9-12)14(20)15-13(19-16(18)21-15)10-5-2-1-3-6-10/h1-9H,(H2,18,19). The summed E-state index contributed by atoms with van der Waals surface area (Å²) in [7, 11) is 0. The number of thiazole rings is 1. The van der Waals surface area contributed by atoms with Gasteiger partial charge in [-0.2, -0.15) is 0 Å². The highest BCUT2D eigenvalue weighted by molar-refractivity contribution is 7.18. The molecule has 104 valence electrons. The van der Waals surface area contributed by atoms with Crippen molar-refractivity contribution in [2.45, 2.75) is 0 Å². The summed E-state index contributed by atoms with van der Waals surface area (Å²) in [5.41, 5.74) is 7.81. The number of carbonyl (C=O) groups is 1. The van der Waals surface area contributed by atoms with Crippen molar-refractivity contribution in [1.82, 2.24) is 4.98 Å². The fourth-order valence-electron chi connectivity index (χ4n) is 2.04. The Morgan fingerprint density at radius 1 is 1.10 bits per heavy atom. The molecular formula is C16H11ClN2OS. The molecule has 0 radical (unpaired) electrons. The number of nitrogens with zero attached hydrogens (tertiary/aromatic N) is 1. The van der Waals surface area contributed by atoms with Crippen LogP contribution in [-0.4, -0.2) is 10.8 Å². The van der Waals surface area contributed by atoms with Crippen LogP contribution in [0.15, 0.2) is 54.6 Å². The molecule has 3 nitrogen and oxygen atoms in total.